The van der Waals surface area contributed by atoms with Gasteiger partial charge in [-0.25, -0.2) is 4.79 Å². The highest BCUT2D eigenvalue weighted by molar-refractivity contribution is 8.01. The van der Waals surface area contributed by atoms with Crippen molar-refractivity contribution in [3.05, 3.63) is 89.5 Å². The van der Waals surface area contributed by atoms with Crippen LogP contribution >= 0.6 is 11.8 Å². The summed E-state index contributed by atoms with van der Waals surface area (Å²) in [4.78, 5) is 29.9. The fraction of sp³-hybridized carbons (Fsp3) is 0.231. The molecule has 3 amide bonds. The maximum Gasteiger partial charge on any atom is 0.323 e. The Morgan fingerprint density at radius 1 is 1.09 bits per heavy atom. The van der Waals surface area contributed by atoms with Gasteiger partial charge in [-0.2, -0.15) is 0 Å². The average Bonchev–Trinajstić information content (AvgIpc) is 3.37. The van der Waals surface area contributed by atoms with E-state index < -0.39 is 4.87 Å². The third kappa shape index (κ3) is 3.62. The van der Waals surface area contributed by atoms with Crippen molar-refractivity contribution in [3.8, 4) is 5.75 Å². The average molecular weight is 460 g/mol. The van der Waals surface area contributed by atoms with E-state index in [2.05, 4.69) is 5.32 Å². The number of hydrogen-bond donors (Lipinski definition) is 1. The summed E-state index contributed by atoms with van der Waals surface area (Å²) in [7, 11) is 1.61. The summed E-state index contributed by atoms with van der Waals surface area (Å²) in [6, 6.07) is 22.9. The van der Waals surface area contributed by atoms with Gasteiger partial charge in [0, 0.05) is 23.5 Å². The Morgan fingerprint density at radius 2 is 1.91 bits per heavy atom. The summed E-state index contributed by atoms with van der Waals surface area (Å²) in [6.07, 6.45) is 0. The summed E-state index contributed by atoms with van der Waals surface area (Å²) >= 11 is 1.51. The number of benzene rings is 3. The Bertz CT molecular complexity index is 1220. The van der Waals surface area contributed by atoms with Gasteiger partial charge in [-0.05, 0) is 48.4 Å². The molecule has 1 atom stereocenters. The number of hydrogen-bond acceptors (Lipinski definition) is 4. The lowest BCUT2D eigenvalue weighted by Crippen LogP contribution is -2.51. The molecule has 6 nitrogen and oxygen atoms in total. The zero-order valence-corrected chi connectivity index (χ0v) is 19.4. The van der Waals surface area contributed by atoms with Crippen molar-refractivity contribution in [2.24, 2.45) is 0 Å². The number of carbonyl (C=O) groups excluding carboxylic acids is 2. The van der Waals surface area contributed by atoms with Crippen LogP contribution < -0.4 is 15.0 Å². The number of nitrogens with zero attached hydrogens (tertiary/aromatic N) is 2. The molecule has 0 aromatic heterocycles. The molecule has 0 bridgehead atoms. The van der Waals surface area contributed by atoms with E-state index in [0.29, 0.717) is 30.3 Å². The normalized spacial score (nSPS) is 19.2. The van der Waals surface area contributed by atoms with E-state index in [4.69, 9.17) is 4.74 Å². The number of amides is 3. The van der Waals surface area contributed by atoms with Crippen LogP contribution in [0, 0.1) is 6.92 Å². The number of nitrogens with one attached hydrogen (secondary N) is 1. The lowest BCUT2D eigenvalue weighted by Gasteiger charge is -2.33. The lowest BCUT2D eigenvalue weighted by atomic mass is 10.1. The Morgan fingerprint density at radius 3 is 2.67 bits per heavy atom. The van der Waals surface area contributed by atoms with Gasteiger partial charge in [-0.3, -0.25) is 9.69 Å². The molecule has 1 fully saturated rings. The third-order valence-electron chi connectivity index (χ3n) is 6.10. The molecule has 2 aliphatic heterocycles. The first kappa shape index (κ1) is 21.4. The molecule has 5 rings (SSSR count). The van der Waals surface area contributed by atoms with Gasteiger partial charge in [0.25, 0.3) is 5.91 Å². The predicted molar refractivity (Wildman–Crippen MR) is 132 cm³/mol. The molecule has 0 radical (unpaired) electrons. The van der Waals surface area contributed by atoms with Crippen LogP contribution in [0.5, 0.6) is 5.75 Å². The van der Waals surface area contributed by atoms with Crippen LogP contribution in [0.15, 0.2) is 72.8 Å². The number of methoxy groups -OCH3 is 1. The van der Waals surface area contributed by atoms with Crippen LogP contribution in [-0.2, 0) is 16.2 Å². The second-order valence-electron chi connectivity index (χ2n) is 8.20. The van der Waals surface area contributed by atoms with Crippen molar-refractivity contribution in [1.82, 2.24) is 4.90 Å². The molecule has 1 spiro atoms. The molecule has 0 saturated carbocycles. The Balaban J connectivity index is 1.55. The minimum atomic E-state index is -1.12. The third-order valence-corrected chi connectivity index (χ3v) is 7.52. The largest absolute Gasteiger partial charge is 0.497 e. The molecule has 168 valence electrons. The second-order valence-corrected chi connectivity index (χ2v) is 9.49. The highest BCUT2D eigenvalue weighted by atomic mass is 32.2. The second kappa shape index (κ2) is 8.48. The van der Waals surface area contributed by atoms with Crippen LogP contribution in [0.3, 0.4) is 0 Å². The van der Waals surface area contributed by atoms with E-state index in [1.54, 1.807) is 16.9 Å². The number of anilines is 2. The van der Waals surface area contributed by atoms with Crippen LogP contribution in [-0.4, -0.2) is 36.2 Å². The first-order valence-corrected chi connectivity index (χ1v) is 11.8. The molecule has 33 heavy (non-hydrogen) atoms. The van der Waals surface area contributed by atoms with Crippen LogP contribution in [0.1, 0.15) is 16.7 Å². The predicted octanol–water partition coefficient (Wildman–Crippen LogP) is 4.98. The number of aryl methyl sites for hydroxylation is 1. The topological polar surface area (TPSA) is 61.9 Å². The minimum Gasteiger partial charge on any atom is -0.497 e. The molecule has 7 heteroatoms. The van der Waals surface area contributed by atoms with Crippen molar-refractivity contribution >= 4 is 35.1 Å². The number of fused-ring (bicyclic) bond motifs is 2. The molecule has 2 heterocycles. The number of thioether (sulfide) groups is 1. The van der Waals surface area contributed by atoms with Crippen LogP contribution in [0.25, 0.3) is 0 Å². The molecule has 2 aliphatic rings. The van der Waals surface area contributed by atoms with Gasteiger partial charge in [0.05, 0.1) is 19.3 Å². The number of ether oxygens (including phenoxy) is 1. The van der Waals surface area contributed by atoms with Gasteiger partial charge in [0.1, 0.15) is 5.75 Å². The van der Waals surface area contributed by atoms with E-state index in [1.165, 1.54) is 11.8 Å². The van der Waals surface area contributed by atoms with Gasteiger partial charge in [0.15, 0.2) is 4.87 Å². The molecule has 3 aromatic rings. The van der Waals surface area contributed by atoms with E-state index in [1.807, 2.05) is 79.7 Å². The zero-order chi connectivity index (χ0) is 23.0. The highest BCUT2D eigenvalue weighted by Crippen LogP contribution is 2.55. The molecule has 0 aliphatic carbocycles. The minimum absolute atomic E-state index is 0.100. The molecule has 0 unspecified atom stereocenters. The van der Waals surface area contributed by atoms with Gasteiger partial charge in [0.2, 0.25) is 0 Å². The molecule has 3 aromatic carbocycles. The highest BCUT2D eigenvalue weighted by Gasteiger charge is 2.59. The zero-order valence-electron chi connectivity index (χ0n) is 18.6. The van der Waals surface area contributed by atoms with Crippen molar-refractivity contribution in [3.63, 3.8) is 0 Å². The van der Waals surface area contributed by atoms with Crippen molar-refractivity contribution < 1.29 is 14.3 Å². The Hall–Kier alpha value is -3.45. The summed E-state index contributed by atoms with van der Waals surface area (Å²) in [6.45, 7) is 2.89. The van der Waals surface area contributed by atoms with Gasteiger partial charge < -0.3 is 15.0 Å². The SMILES string of the molecule is COc1ccc2c(c1)[C@@]1(SCCN1C(=O)Nc1cccc(C)c1)C(=O)N2Cc1ccccc1. The summed E-state index contributed by atoms with van der Waals surface area (Å²) in [5.41, 5.74) is 4.41. The van der Waals surface area contributed by atoms with Gasteiger partial charge in [-0.1, -0.05) is 42.5 Å². The molecule has 1 N–H and O–H groups in total. The fourth-order valence-corrected chi connectivity index (χ4v) is 6.01. The van der Waals surface area contributed by atoms with E-state index >= 15 is 0 Å². The van der Waals surface area contributed by atoms with Crippen molar-refractivity contribution in [2.45, 2.75) is 18.3 Å². The summed E-state index contributed by atoms with van der Waals surface area (Å²) in [5.74, 6) is 1.23. The van der Waals surface area contributed by atoms with Crippen LogP contribution in [0.4, 0.5) is 16.2 Å². The standard InChI is InChI=1S/C26H25N3O3S/c1-18-7-6-10-20(15-18)27-25(31)29-13-14-33-26(29)22-16-21(32-2)11-12-23(22)28(24(26)30)17-19-8-4-3-5-9-19/h3-12,15-16H,13-14,17H2,1-2H3,(H,27,31)/t26-/m1/s1. The molecular formula is C26H25N3O3S. The van der Waals surface area contributed by atoms with Crippen LogP contribution in [0.2, 0.25) is 0 Å². The monoisotopic (exact) mass is 459 g/mol. The summed E-state index contributed by atoms with van der Waals surface area (Å²) in [5, 5.41) is 2.99. The van der Waals surface area contributed by atoms with Crippen molar-refractivity contribution in [2.75, 3.05) is 29.6 Å². The lowest BCUT2D eigenvalue weighted by molar-refractivity contribution is -0.123. The maximum absolute atomic E-state index is 14.1. The number of urea groups is 1. The first-order chi connectivity index (χ1) is 16.0. The quantitative estimate of drug-likeness (QED) is 0.598. The molecular weight excluding hydrogens is 434 g/mol. The summed E-state index contributed by atoms with van der Waals surface area (Å²) < 4.78 is 5.48. The number of carbonyl (C=O) groups is 2. The fourth-order valence-electron chi connectivity index (χ4n) is 4.56. The van der Waals surface area contributed by atoms with E-state index in [-0.39, 0.29) is 11.9 Å². The number of rotatable bonds is 4. The molecule has 1 saturated heterocycles. The van der Waals surface area contributed by atoms with Gasteiger partial charge >= 0.3 is 6.03 Å². The Kier molecular flexibility index (Phi) is 5.50. The first-order valence-electron chi connectivity index (χ1n) is 10.9. The van der Waals surface area contributed by atoms with E-state index in [0.717, 1.165) is 22.4 Å². The Labute approximate surface area is 197 Å². The van der Waals surface area contributed by atoms with Crippen molar-refractivity contribution in [1.29, 1.82) is 0 Å². The smallest absolute Gasteiger partial charge is 0.323 e. The van der Waals surface area contributed by atoms with Gasteiger partial charge in [-0.15, -0.1) is 11.8 Å². The van der Waals surface area contributed by atoms with E-state index in [9.17, 15) is 9.59 Å². The maximum atomic E-state index is 14.1.